The Labute approximate surface area is 114 Å². The molecule has 0 saturated carbocycles. The molecule has 0 atom stereocenters. The van der Waals surface area contributed by atoms with Gasteiger partial charge in [0, 0.05) is 12.1 Å². The third kappa shape index (κ3) is 3.36. The maximum atomic E-state index is 11.4. The second kappa shape index (κ2) is 5.35. The van der Waals surface area contributed by atoms with Crippen LogP contribution in [-0.4, -0.2) is 23.9 Å². The highest BCUT2D eigenvalue weighted by Crippen LogP contribution is 2.30. The molecule has 1 saturated heterocycles. The molecule has 5 heteroatoms. The predicted molar refractivity (Wildman–Crippen MR) is 73.4 cm³/mol. The van der Waals surface area contributed by atoms with E-state index in [0.717, 1.165) is 31.0 Å². The highest BCUT2D eigenvalue weighted by molar-refractivity contribution is 5.91. The van der Waals surface area contributed by atoms with Crippen LogP contribution >= 0.6 is 0 Å². The van der Waals surface area contributed by atoms with Crippen LogP contribution in [0.4, 0.5) is 0 Å². The Morgan fingerprint density at radius 2 is 2.11 bits per heavy atom. The van der Waals surface area contributed by atoms with Gasteiger partial charge in [-0.15, -0.1) is 0 Å². The average Bonchev–Trinajstić information content (AvgIpc) is 2.73. The molecule has 3 N–H and O–H groups in total. The molecule has 0 radical (unpaired) electrons. The number of nitrogens with one attached hydrogen (secondary N) is 1. The fourth-order valence-corrected chi connectivity index (χ4v) is 2.42. The Bertz CT molecular complexity index is 455. The zero-order chi connectivity index (χ0) is 14.0. The highest BCUT2D eigenvalue weighted by Gasteiger charge is 2.26. The molecule has 2 rings (SSSR count). The van der Waals surface area contributed by atoms with Crippen LogP contribution in [0.15, 0.2) is 10.5 Å². The molecule has 1 aliphatic heterocycles. The molecule has 19 heavy (non-hydrogen) atoms. The number of nitrogen functional groups attached to an aromatic ring is 1. The van der Waals surface area contributed by atoms with Gasteiger partial charge in [0.25, 0.3) is 0 Å². The normalized spacial score (nSPS) is 19.4. The quantitative estimate of drug-likeness (QED) is 0.497. The van der Waals surface area contributed by atoms with Crippen LogP contribution in [0.1, 0.15) is 48.6 Å². The van der Waals surface area contributed by atoms with E-state index in [2.05, 4.69) is 24.2 Å². The molecule has 0 spiro atoms. The van der Waals surface area contributed by atoms with E-state index in [1.165, 1.54) is 12.8 Å². The summed E-state index contributed by atoms with van der Waals surface area (Å²) in [6.45, 7) is 9.54. The first-order valence-corrected chi connectivity index (χ1v) is 6.74. The van der Waals surface area contributed by atoms with E-state index in [0.29, 0.717) is 5.41 Å². The number of carbonyl (C=O) groups is 1. The van der Waals surface area contributed by atoms with Crippen molar-refractivity contribution in [3.8, 4) is 0 Å². The number of piperidine rings is 1. The van der Waals surface area contributed by atoms with Crippen molar-refractivity contribution in [1.82, 2.24) is 10.3 Å². The van der Waals surface area contributed by atoms with E-state index >= 15 is 0 Å². The Hall–Kier alpha value is -1.33. The van der Waals surface area contributed by atoms with Crippen molar-refractivity contribution in [2.75, 3.05) is 13.1 Å². The maximum absolute atomic E-state index is 11.4. The first-order valence-electron chi connectivity index (χ1n) is 6.74. The zero-order valence-electron chi connectivity index (χ0n) is 12.0. The lowest BCUT2D eigenvalue weighted by atomic mass is 9.82. The summed E-state index contributed by atoms with van der Waals surface area (Å²) >= 11 is 0. The van der Waals surface area contributed by atoms with Crippen LogP contribution in [0, 0.1) is 12.3 Å². The Kier molecular flexibility index (Phi) is 3.96. The van der Waals surface area contributed by atoms with Crippen LogP contribution in [0.2, 0.25) is 0 Å². The van der Waals surface area contributed by atoms with Crippen LogP contribution in [0.3, 0.4) is 0 Å². The van der Waals surface area contributed by atoms with Crippen molar-refractivity contribution in [2.45, 2.75) is 40.2 Å². The lowest BCUT2D eigenvalue weighted by molar-refractivity contribution is 0.0924. The van der Waals surface area contributed by atoms with Crippen LogP contribution < -0.4 is 11.3 Å². The number of furan rings is 1. The molecular weight excluding hydrogens is 242 g/mol. The van der Waals surface area contributed by atoms with Gasteiger partial charge in [-0.2, -0.15) is 0 Å². The summed E-state index contributed by atoms with van der Waals surface area (Å²) in [5.74, 6) is 5.81. The van der Waals surface area contributed by atoms with Gasteiger partial charge in [-0.1, -0.05) is 13.8 Å². The van der Waals surface area contributed by atoms with E-state index in [9.17, 15) is 4.79 Å². The number of nitrogens with zero attached hydrogens (tertiary/aromatic N) is 1. The standard InChI is InChI=1S/C14H23N3O2/c1-10-11(8-12(19-10)13(18)16-15)9-17-6-4-14(2,3)5-7-17/h8H,4-7,9,15H2,1-3H3,(H,16,18). The SMILES string of the molecule is Cc1oc(C(=O)NN)cc1CN1CCC(C)(C)CC1. The lowest BCUT2D eigenvalue weighted by Crippen LogP contribution is -2.36. The Balaban J connectivity index is 2.00. The molecule has 1 aromatic rings. The molecule has 2 heterocycles. The minimum absolute atomic E-state index is 0.285. The number of nitrogens with two attached hydrogens (primary N) is 1. The monoisotopic (exact) mass is 265 g/mol. The number of amides is 1. The van der Waals surface area contributed by atoms with Gasteiger partial charge in [0.05, 0.1) is 0 Å². The minimum Gasteiger partial charge on any atom is -0.456 e. The van der Waals surface area contributed by atoms with Gasteiger partial charge in [-0.25, -0.2) is 5.84 Å². The van der Waals surface area contributed by atoms with Crippen LogP contribution in [0.5, 0.6) is 0 Å². The van der Waals surface area contributed by atoms with E-state index in [1.807, 2.05) is 6.92 Å². The topological polar surface area (TPSA) is 71.5 Å². The number of carbonyl (C=O) groups excluding carboxylic acids is 1. The fourth-order valence-electron chi connectivity index (χ4n) is 2.42. The minimum atomic E-state index is -0.380. The first-order chi connectivity index (χ1) is 8.91. The van der Waals surface area contributed by atoms with E-state index in [1.54, 1.807) is 6.07 Å². The number of likely N-dealkylation sites (tertiary alicyclic amines) is 1. The van der Waals surface area contributed by atoms with Crippen LogP contribution in [-0.2, 0) is 6.54 Å². The number of rotatable bonds is 3. The van der Waals surface area contributed by atoms with Gasteiger partial charge in [0.1, 0.15) is 5.76 Å². The van der Waals surface area contributed by atoms with Gasteiger partial charge >= 0.3 is 5.91 Å². The number of aryl methyl sites for hydroxylation is 1. The molecule has 1 fully saturated rings. The molecule has 5 nitrogen and oxygen atoms in total. The first kappa shape index (κ1) is 14.1. The van der Waals surface area contributed by atoms with Crippen molar-refractivity contribution < 1.29 is 9.21 Å². The van der Waals surface area contributed by atoms with E-state index in [4.69, 9.17) is 10.3 Å². The molecule has 1 amide bonds. The average molecular weight is 265 g/mol. The Morgan fingerprint density at radius 3 is 2.68 bits per heavy atom. The fraction of sp³-hybridized carbons (Fsp3) is 0.643. The highest BCUT2D eigenvalue weighted by atomic mass is 16.4. The second-order valence-electron chi connectivity index (χ2n) is 6.11. The summed E-state index contributed by atoms with van der Waals surface area (Å²) in [4.78, 5) is 13.8. The molecule has 0 unspecified atom stereocenters. The summed E-state index contributed by atoms with van der Waals surface area (Å²) in [5.41, 5.74) is 3.61. The van der Waals surface area contributed by atoms with E-state index < -0.39 is 0 Å². The van der Waals surface area contributed by atoms with Crippen molar-refractivity contribution >= 4 is 5.91 Å². The molecule has 0 aromatic carbocycles. The molecule has 1 aliphatic rings. The summed E-state index contributed by atoms with van der Waals surface area (Å²) in [5, 5.41) is 0. The third-order valence-corrected chi connectivity index (χ3v) is 3.98. The summed E-state index contributed by atoms with van der Waals surface area (Å²) in [7, 11) is 0. The van der Waals surface area contributed by atoms with E-state index in [-0.39, 0.29) is 11.7 Å². The molecule has 1 aromatic heterocycles. The number of hydrogen-bond acceptors (Lipinski definition) is 4. The third-order valence-electron chi connectivity index (χ3n) is 3.98. The molecule has 106 valence electrons. The number of hydrogen-bond donors (Lipinski definition) is 2. The van der Waals surface area contributed by atoms with Crippen molar-refractivity contribution in [3.05, 3.63) is 23.2 Å². The van der Waals surface area contributed by atoms with Crippen molar-refractivity contribution in [1.29, 1.82) is 0 Å². The molecule has 0 aliphatic carbocycles. The largest absolute Gasteiger partial charge is 0.456 e. The number of hydrazine groups is 1. The second-order valence-corrected chi connectivity index (χ2v) is 6.11. The van der Waals surface area contributed by atoms with Crippen molar-refractivity contribution in [2.24, 2.45) is 11.3 Å². The van der Waals surface area contributed by atoms with Gasteiger partial charge in [0.15, 0.2) is 5.76 Å². The Morgan fingerprint density at radius 1 is 1.47 bits per heavy atom. The maximum Gasteiger partial charge on any atom is 0.300 e. The van der Waals surface area contributed by atoms with Gasteiger partial charge in [0.2, 0.25) is 0 Å². The van der Waals surface area contributed by atoms with Gasteiger partial charge in [-0.3, -0.25) is 15.1 Å². The summed E-state index contributed by atoms with van der Waals surface area (Å²) in [6, 6.07) is 1.79. The van der Waals surface area contributed by atoms with Gasteiger partial charge < -0.3 is 4.42 Å². The lowest BCUT2D eigenvalue weighted by Gasteiger charge is -2.36. The zero-order valence-corrected chi connectivity index (χ0v) is 12.0. The predicted octanol–water partition coefficient (Wildman–Crippen LogP) is 1.81. The smallest absolute Gasteiger partial charge is 0.300 e. The summed E-state index contributed by atoms with van der Waals surface area (Å²) < 4.78 is 5.43. The molecule has 0 bridgehead atoms. The van der Waals surface area contributed by atoms with Gasteiger partial charge in [-0.05, 0) is 44.3 Å². The summed E-state index contributed by atoms with van der Waals surface area (Å²) in [6.07, 6.45) is 2.42. The van der Waals surface area contributed by atoms with Crippen LogP contribution in [0.25, 0.3) is 0 Å². The molecular formula is C14H23N3O2. The van der Waals surface area contributed by atoms with Crippen molar-refractivity contribution in [3.63, 3.8) is 0 Å².